The predicted octanol–water partition coefficient (Wildman–Crippen LogP) is 1.90. The van der Waals surface area contributed by atoms with Gasteiger partial charge in [0.05, 0.1) is 18.1 Å². The van der Waals surface area contributed by atoms with Crippen molar-refractivity contribution in [3.05, 3.63) is 0 Å². The minimum atomic E-state index is -0.0886. The van der Waals surface area contributed by atoms with Gasteiger partial charge < -0.3 is 9.47 Å². The summed E-state index contributed by atoms with van der Waals surface area (Å²) in [4.78, 5) is 11.6. The van der Waals surface area contributed by atoms with Crippen molar-refractivity contribution >= 4 is 5.97 Å². The molecule has 0 aliphatic carbocycles. The smallest absolute Gasteiger partial charge is 0.311 e. The van der Waals surface area contributed by atoms with E-state index in [0.29, 0.717) is 6.10 Å². The Morgan fingerprint density at radius 3 is 2.93 bits per heavy atom. The van der Waals surface area contributed by atoms with Crippen molar-refractivity contribution in [3.8, 4) is 0 Å². The zero-order valence-electron chi connectivity index (χ0n) is 8.86. The molecule has 14 heavy (non-hydrogen) atoms. The van der Waals surface area contributed by atoms with E-state index in [4.69, 9.17) is 9.47 Å². The van der Waals surface area contributed by atoms with Crippen LogP contribution in [0.15, 0.2) is 0 Å². The zero-order valence-corrected chi connectivity index (χ0v) is 8.86. The van der Waals surface area contributed by atoms with Crippen LogP contribution in [-0.2, 0) is 14.3 Å². The molecule has 0 saturated carbocycles. The van der Waals surface area contributed by atoms with Gasteiger partial charge in [0.1, 0.15) is 6.10 Å². The fourth-order valence-electron chi connectivity index (χ4n) is 2.29. The van der Waals surface area contributed by atoms with E-state index in [2.05, 4.69) is 6.92 Å². The number of carbonyl (C=O) groups is 1. The zero-order chi connectivity index (χ0) is 10.1. The standard InChI is InChI=1S/C11H18O3/c1-3-8-6-9-4-5-10(13-9)7(2)11(12)14-8/h7-10H,3-6H2,1-2H3/t7?,8?,9-,10+/m0/s1. The van der Waals surface area contributed by atoms with Gasteiger partial charge in [0.25, 0.3) is 0 Å². The van der Waals surface area contributed by atoms with Crippen molar-refractivity contribution in [2.24, 2.45) is 5.92 Å². The molecule has 80 valence electrons. The Morgan fingerprint density at radius 2 is 2.21 bits per heavy atom. The number of hydrogen-bond donors (Lipinski definition) is 0. The van der Waals surface area contributed by atoms with E-state index >= 15 is 0 Å². The summed E-state index contributed by atoms with van der Waals surface area (Å²) in [5.74, 6) is -0.170. The Kier molecular flexibility index (Phi) is 2.77. The first kappa shape index (κ1) is 9.97. The number of carbonyl (C=O) groups excluding carboxylic acids is 1. The van der Waals surface area contributed by atoms with Gasteiger partial charge in [-0.2, -0.15) is 0 Å². The molecule has 0 aromatic rings. The van der Waals surface area contributed by atoms with Crippen LogP contribution in [0.5, 0.6) is 0 Å². The first-order chi connectivity index (χ1) is 6.70. The lowest BCUT2D eigenvalue weighted by atomic mass is 10.0. The Labute approximate surface area is 84.8 Å². The average Bonchev–Trinajstić information content (AvgIpc) is 2.63. The highest BCUT2D eigenvalue weighted by Crippen LogP contribution is 2.32. The van der Waals surface area contributed by atoms with Crippen LogP contribution in [0.3, 0.4) is 0 Å². The monoisotopic (exact) mass is 198 g/mol. The van der Waals surface area contributed by atoms with Crippen LogP contribution < -0.4 is 0 Å². The topological polar surface area (TPSA) is 35.5 Å². The number of cyclic esters (lactones) is 1. The third kappa shape index (κ3) is 1.78. The third-order valence-corrected chi connectivity index (χ3v) is 3.33. The Hall–Kier alpha value is -0.570. The fraction of sp³-hybridized carbons (Fsp3) is 0.909. The maximum atomic E-state index is 11.6. The molecule has 3 heteroatoms. The molecule has 0 amide bonds. The SMILES string of the molecule is CCC1C[C@@H]2CC[C@@H](O2)C(C)C(=O)O1. The van der Waals surface area contributed by atoms with Crippen LogP contribution >= 0.6 is 0 Å². The summed E-state index contributed by atoms with van der Waals surface area (Å²) >= 11 is 0. The van der Waals surface area contributed by atoms with Gasteiger partial charge in [0.2, 0.25) is 0 Å². The molecule has 0 N–H and O–H groups in total. The summed E-state index contributed by atoms with van der Waals surface area (Å²) in [6.45, 7) is 3.96. The quantitative estimate of drug-likeness (QED) is 0.604. The van der Waals surface area contributed by atoms with Gasteiger partial charge in [-0.05, 0) is 26.2 Å². The number of rotatable bonds is 1. The summed E-state index contributed by atoms with van der Waals surface area (Å²) in [5.41, 5.74) is 0. The molecule has 0 radical (unpaired) electrons. The third-order valence-electron chi connectivity index (χ3n) is 3.33. The van der Waals surface area contributed by atoms with Crippen molar-refractivity contribution < 1.29 is 14.3 Å². The molecule has 0 aromatic heterocycles. The average molecular weight is 198 g/mol. The highest BCUT2D eigenvalue weighted by molar-refractivity contribution is 5.73. The van der Waals surface area contributed by atoms with E-state index < -0.39 is 0 Å². The number of hydrogen-bond acceptors (Lipinski definition) is 3. The van der Waals surface area contributed by atoms with Gasteiger partial charge in [0, 0.05) is 6.42 Å². The van der Waals surface area contributed by atoms with Gasteiger partial charge in [0.15, 0.2) is 0 Å². The summed E-state index contributed by atoms with van der Waals surface area (Å²) in [7, 11) is 0. The molecular weight excluding hydrogens is 180 g/mol. The molecule has 2 rings (SSSR count). The van der Waals surface area contributed by atoms with Gasteiger partial charge in [-0.25, -0.2) is 0 Å². The Balaban J connectivity index is 2.09. The fourth-order valence-corrected chi connectivity index (χ4v) is 2.29. The minimum Gasteiger partial charge on any atom is -0.462 e. The largest absolute Gasteiger partial charge is 0.462 e. The second kappa shape index (κ2) is 3.89. The number of fused-ring (bicyclic) bond motifs is 2. The molecule has 2 unspecified atom stereocenters. The van der Waals surface area contributed by atoms with Gasteiger partial charge >= 0.3 is 5.97 Å². The molecule has 0 aromatic carbocycles. The minimum absolute atomic E-state index is 0.0639. The Morgan fingerprint density at radius 1 is 1.43 bits per heavy atom. The van der Waals surface area contributed by atoms with E-state index in [1.807, 2.05) is 6.92 Å². The van der Waals surface area contributed by atoms with Crippen LogP contribution in [0.25, 0.3) is 0 Å². The highest BCUT2D eigenvalue weighted by Gasteiger charge is 2.38. The Bertz CT molecular complexity index is 227. The predicted molar refractivity (Wildman–Crippen MR) is 51.8 cm³/mol. The first-order valence-electron chi connectivity index (χ1n) is 5.56. The van der Waals surface area contributed by atoms with Crippen LogP contribution in [-0.4, -0.2) is 24.3 Å². The van der Waals surface area contributed by atoms with Crippen molar-refractivity contribution in [3.63, 3.8) is 0 Å². The van der Waals surface area contributed by atoms with E-state index in [1.54, 1.807) is 0 Å². The maximum Gasteiger partial charge on any atom is 0.311 e. The normalized spacial score (nSPS) is 42.9. The van der Waals surface area contributed by atoms with E-state index in [-0.39, 0.29) is 24.1 Å². The second-order valence-electron chi connectivity index (χ2n) is 4.37. The van der Waals surface area contributed by atoms with Crippen LogP contribution in [0, 0.1) is 5.92 Å². The molecule has 2 saturated heterocycles. The van der Waals surface area contributed by atoms with Crippen LogP contribution in [0.1, 0.15) is 39.5 Å². The van der Waals surface area contributed by atoms with Crippen molar-refractivity contribution in [1.82, 2.24) is 0 Å². The summed E-state index contributed by atoms with van der Waals surface area (Å²) in [6, 6.07) is 0. The molecule has 0 spiro atoms. The van der Waals surface area contributed by atoms with Crippen molar-refractivity contribution in [2.45, 2.75) is 57.8 Å². The number of esters is 1. The molecule has 2 aliphatic heterocycles. The van der Waals surface area contributed by atoms with Crippen molar-refractivity contribution in [1.29, 1.82) is 0 Å². The summed E-state index contributed by atoms with van der Waals surface area (Å²) < 4.78 is 11.2. The molecule has 2 heterocycles. The van der Waals surface area contributed by atoms with Gasteiger partial charge in [-0.3, -0.25) is 4.79 Å². The molecule has 2 aliphatic rings. The lowest BCUT2D eigenvalue weighted by Gasteiger charge is -2.27. The van der Waals surface area contributed by atoms with Crippen LogP contribution in [0.4, 0.5) is 0 Å². The first-order valence-corrected chi connectivity index (χ1v) is 5.56. The molecule has 2 bridgehead atoms. The second-order valence-corrected chi connectivity index (χ2v) is 4.37. The number of ether oxygens (including phenoxy) is 2. The van der Waals surface area contributed by atoms with Gasteiger partial charge in [-0.15, -0.1) is 0 Å². The van der Waals surface area contributed by atoms with E-state index in [1.165, 1.54) is 0 Å². The van der Waals surface area contributed by atoms with Gasteiger partial charge in [-0.1, -0.05) is 6.92 Å². The maximum absolute atomic E-state index is 11.6. The molecule has 2 fully saturated rings. The lowest BCUT2D eigenvalue weighted by molar-refractivity contribution is -0.166. The highest BCUT2D eigenvalue weighted by atomic mass is 16.6. The molecule has 4 atom stereocenters. The van der Waals surface area contributed by atoms with Crippen LogP contribution in [0.2, 0.25) is 0 Å². The summed E-state index contributed by atoms with van der Waals surface area (Å²) in [6.07, 6.45) is 4.35. The van der Waals surface area contributed by atoms with Crippen molar-refractivity contribution in [2.75, 3.05) is 0 Å². The van der Waals surface area contributed by atoms with E-state index in [9.17, 15) is 4.79 Å². The molecular formula is C11H18O3. The summed E-state index contributed by atoms with van der Waals surface area (Å²) in [5, 5.41) is 0. The lowest BCUT2D eigenvalue weighted by Crippen LogP contribution is -2.35. The molecule has 3 nitrogen and oxygen atoms in total. The van der Waals surface area contributed by atoms with E-state index in [0.717, 1.165) is 25.7 Å².